The molecule has 0 aromatic rings. The van der Waals surface area contributed by atoms with Crippen LogP contribution in [0.5, 0.6) is 0 Å². The molecule has 0 aromatic carbocycles. The first kappa shape index (κ1) is 30.7. The summed E-state index contributed by atoms with van der Waals surface area (Å²) in [6.45, 7) is 8.00. The van der Waals surface area contributed by atoms with Crippen LogP contribution in [-0.2, 0) is 14.4 Å². The monoisotopic (exact) mass is 491 g/mol. The number of rotatable bonds is 22. The molecular weight excluding hydrogens is 442 g/mol. The highest BCUT2D eigenvalue weighted by molar-refractivity contribution is 5.95. The first-order chi connectivity index (χ1) is 17.0. The van der Waals surface area contributed by atoms with E-state index in [4.69, 9.17) is 0 Å². The number of unbranched alkanes of at least 4 members (excludes halogenated alkanes) is 10. The summed E-state index contributed by atoms with van der Waals surface area (Å²) < 4.78 is 0. The van der Waals surface area contributed by atoms with Crippen molar-refractivity contribution in [3.05, 3.63) is 23.7 Å². The number of hydrazine groups is 1. The maximum absolute atomic E-state index is 12.7. The highest BCUT2D eigenvalue weighted by Crippen LogP contribution is 2.21. The van der Waals surface area contributed by atoms with Crippen molar-refractivity contribution in [1.82, 2.24) is 25.6 Å². The van der Waals surface area contributed by atoms with Crippen LogP contribution in [0, 0.1) is 0 Å². The van der Waals surface area contributed by atoms with Crippen molar-refractivity contribution < 1.29 is 14.4 Å². The van der Waals surface area contributed by atoms with E-state index in [1.165, 1.54) is 38.5 Å². The Bertz CT molecular complexity index is 658. The standard InChI is InChI=1S/C27H49N5O3/c1-24-25(28-2)26(27(35)31(4)30(24)3)29-18-17-21-32(19-13-9-5-7-11-15-22-33)20-14-10-6-8-12-16-23-34/h22-23,28-29H,1,5-21H2,2-4H3. The number of aldehydes is 2. The zero-order chi connectivity index (χ0) is 25.9. The Hall–Kier alpha value is -2.35. The van der Waals surface area contributed by atoms with E-state index in [0.717, 1.165) is 82.2 Å². The van der Waals surface area contributed by atoms with Gasteiger partial charge >= 0.3 is 0 Å². The fourth-order valence-electron chi connectivity index (χ4n) is 4.36. The highest BCUT2D eigenvalue weighted by atomic mass is 16.2. The van der Waals surface area contributed by atoms with Crippen molar-refractivity contribution in [1.29, 1.82) is 0 Å². The third-order valence-electron chi connectivity index (χ3n) is 6.68. The van der Waals surface area contributed by atoms with Crippen molar-refractivity contribution in [3.63, 3.8) is 0 Å². The van der Waals surface area contributed by atoms with Crippen LogP contribution in [0.4, 0.5) is 0 Å². The number of hydrogen-bond donors (Lipinski definition) is 2. The minimum atomic E-state index is -0.0646. The topological polar surface area (TPSA) is 85.0 Å². The maximum atomic E-state index is 12.7. The van der Waals surface area contributed by atoms with Gasteiger partial charge in [0.25, 0.3) is 5.91 Å². The molecule has 0 aliphatic carbocycles. The van der Waals surface area contributed by atoms with Gasteiger partial charge in [-0.25, -0.2) is 0 Å². The van der Waals surface area contributed by atoms with E-state index >= 15 is 0 Å². The SMILES string of the molecule is C=C1C(NC)=C(NCCCN(CCCCCCCC=O)CCCCCCCC=O)C(=O)N(C)N1C. The van der Waals surface area contributed by atoms with E-state index in [9.17, 15) is 14.4 Å². The number of carbonyl (C=O) groups is 3. The van der Waals surface area contributed by atoms with Gasteiger partial charge in [0.2, 0.25) is 0 Å². The van der Waals surface area contributed by atoms with Gasteiger partial charge < -0.3 is 25.1 Å². The summed E-state index contributed by atoms with van der Waals surface area (Å²) in [4.78, 5) is 36.2. The van der Waals surface area contributed by atoms with Crippen LogP contribution >= 0.6 is 0 Å². The summed E-state index contributed by atoms with van der Waals surface area (Å²) in [5, 5.41) is 9.80. The summed E-state index contributed by atoms with van der Waals surface area (Å²) in [6.07, 6.45) is 15.8. The molecule has 0 saturated heterocycles. The van der Waals surface area contributed by atoms with Crippen molar-refractivity contribution in [2.45, 2.75) is 83.5 Å². The highest BCUT2D eigenvalue weighted by Gasteiger charge is 2.30. The molecule has 0 saturated carbocycles. The predicted octanol–water partition coefficient (Wildman–Crippen LogP) is 3.61. The van der Waals surface area contributed by atoms with Gasteiger partial charge in [0.1, 0.15) is 18.3 Å². The van der Waals surface area contributed by atoms with E-state index in [0.29, 0.717) is 18.5 Å². The van der Waals surface area contributed by atoms with Gasteiger partial charge in [-0.15, -0.1) is 0 Å². The van der Waals surface area contributed by atoms with Crippen LogP contribution in [0.15, 0.2) is 23.7 Å². The maximum Gasteiger partial charge on any atom is 0.290 e. The Balaban J connectivity index is 2.47. The van der Waals surface area contributed by atoms with Crippen LogP contribution in [0.2, 0.25) is 0 Å². The Morgan fingerprint density at radius 1 is 0.743 bits per heavy atom. The molecule has 8 heteroatoms. The van der Waals surface area contributed by atoms with Crippen molar-refractivity contribution in [2.24, 2.45) is 0 Å². The molecule has 0 bridgehead atoms. The summed E-state index contributed by atoms with van der Waals surface area (Å²) in [5.41, 5.74) is 2.09. The Kier molecular flexibility index (Phi) is 16.6. The number of carbonyl (C=O) groups excluding carboxylic acids is 3. The number of nitrogens with zero attached hydrogens (tertiary/aromatic N) is 3. The average Bonchev–Trinajstić information content (AvgIpc) is 2.86. The zero-order valence-electron chi connectivity index (χ0n) is 22.4. The van der Waals surface area contributed by atoms with E-state index in [-0.39, 0.29) is 5.91 Å². The number of amides is 1. The molecule has 2 N–H and O–H groups in total. The lowest BCUT2D eigenvalue weighted by atomic mass is 10.1. The second-order valence-corrected chi connectivity index (χ2v) is 9.37. The molecule has 0 radical (unpaired) electrons. The summed E-state index contributed by atoms with van der Waals surface area (Å²) in [6, 6.07) is 0. The Morgan fingerprint density at radius 2 is 1.23 bits per heavy atom. The molecule has 0 unspecified atom stereocenters. The molecule has 1 heterocycles. The lowest BCUT2D eigenvalue weighted by Crippen LogP contribution is -2.50. The van der Waals surface area contributed by atoms with Crippen molar-refractivity contribution in [2.75, 3.05) is 47.3 Å². The molecule has 0 fully saturated rings. The van der Waals surface area contributed by atoms with E-state index in [2.05, 4.69) is 22.1 Å². The Labute approximate surface area is 213 Å². The molecule has 0 spiro atoms. The first-order valence-corrected chi connectivity index (χ1v) is 13.4. The first-order valence-electron chi connectivity index (χ1n) is 13.4. The quantitative estimate of drug-likeness (QED) is 0.177. The van der Waals surface area contributed by atoms with Gasteiger partial charge in [0.15, 0.2) is 0 Å². The fraction of sp³-hybridized carbons (Fsp3) is 0.741. The normalized spacial score (nSPS) is 14.2. The Morgan fingerprint density at radius 3 is 1.74 bits per heavy atom. The molecule has 8 nitrogen and oxygen atoms in total. The molecule has 0 atom stereocenters. The van der Waals surface area contributed by atoms with E-state index in [1.807, 2.05) is 14.1 Å². The molecule has 1 amide bonds. The van der Waals surface area contributed by atoms with Gasteiger partial charge in [0.05, 0.1) is 11.4 Å². The fourth-order valence-corrected chi connectivity index (χ4v) is 4.36. The number of likely N-dealkylation sites (N-methyl/N-ethyl adjacent to an activating group) is 3. The minimum Gasteiger partial charge on any atom is -0.385 e. The van der Waals surface area contributed by atoms with Gasteiger partial charge in [-0.2, -0.15) is 0 Å². The second-order valence-electron chi connectivity index (χ2n) is 9.37. The van der Waals surface area contributed by atoms with Gasteiger partial charge in [-0.1, -0.05) is 45.1 Å². The van der Waals surface area contributed by atoms with Crippen molar-refractivity contribution >= 4 is 18.5 Å². The number of nitrogens with one attached hydrogen (secondary N) is 2. The summed E-state index contributed by atoms with van der Waals surface area (Å²) in [7, 11) is 5.40. The molecule has 35 heavy (non-hydrogen) atoms. The van der Waals surface area contributed by atoms with E-state index in [1.54, 1.807) is 17.1 Å². The molecule has 200 valence electrons. The smallest absolute Gasteiger partial charge is 0.290 e. The van der Waals surface area contributed by atoms with Crippen molar-refractivity contribution in [3.8, 4) is 0 Å². The summed E-state index contributed by atoms with van der Waals surface area (Å²) >= 11 is 0. The lowest BCUT2D eigenvalue weighted by Gasteiger charge is -2.38. The molecule has 1 aliphatic heterocycles. The minimum absolute atomic E-state index is 0.0646. The van der Waals surface area contributed by atoms with Crippen LogP contribution in [-0.4, -0.2) is 80.7 Å². The second kappa shape index (κ2) is 18.9. The average molecular weight is 492 g/mol. The molecule has 1 aliphatic rings. The molecular formula is C27H49N5O3. The van der Waals surface area contributed by atoms with Crippen LogP contribution < -0.4 is 10.6 Å². The van der Waals surface area contributed by atoms with E-state index < -0.39 is 0 Å². The van der Waals surface area contributed by atoms with Crippen LogP contribution in [0.1, 0.15) is 83.5 Å². The third kappa shape index (κ3) is 11.8. The molecule has 0 aromatic heterocycles. The predicted molar refractivity (Wildman–Crippen MR) is 142 cm³/mol. The third-order valence-corrected chi connectivity index (χ3v) is 6.68. The number of hydrogen-bond acceptors (Lipinski definition) is 7. The molecule has 1 rings (SSSR count). The van der Waals surface area contributed by atoms with Crippen LogP contribution in [0.25, 0.3) is 0 Å². The van der Waals surface area contributed by atoms with Gasteiger partial charge in [-0.05, 0) is 51.7 Å². The van der Waals surface area contributed by atoms with Gasteiger partial charge in [0, 0.05) is 40.5 Å². The lowest BCUT2D eigenvalue weighted by molar-refractivity contribution is -0.138. The largest absolute Gasteiger partial charge is 0.385 e. The van der Waals surface area contributed by atoms with Crippen LogP contribution in [0.3, 0.4) is 0 Å². The summed E-state index contributed by atoms with van der Waals surface area (Å²) in [5.74, 6) is -0.0646. The zero-order valence-corrected chi connectivity index (χ0v) is 22.4. The van der Waals surface area contributed by atoms with Gasteiger partial charge in [-0.3, -0.25) is 14.8 Å².